The molecule has 1 rings (SSSR count). The van der Waals surface area contributed by atoms with E-state index in [-0.39, 0.29) is 11.3 Å². The number of rotatable bonds is 4. The molecular formula is C14H21BrN2O. The summed E-state index contributed by atoms with van der Waals surface area (Å²) < 4.78 is 0.852. The van der Waals surface area contributed by atoms with E-state index < -0.39 is 0 Å². The van der Waals surface area contributed by atoms with Crippen LogP contribution < -0.4 is 11.1 Å². The van der Waals surface area contributed by atoms with Crippen LogP contribution in [0, 0.1) is 11.3 Å². The second-order valence-corrected chi connectivity index (χ2v) is 6.47. The minimum atomic E-state index is -0.123. The summed E-state index contributed by atoms with van der Waals surface area (Å²) in [7, 11) is 0. The van der Waals surface area contributed by atoms with Crippen LogP contribution in [0.25, 0.3) is 0 Å². The van der Waals surface area contributed by atoms with Crippen LogP contribution in [-0.2, 0) is 0 Å². The molecule has 3 N–H and O–H groups in total. The molecule has 0 spiro atoms. The van der Waals surface area contributed by atoms with E-state index in [1.807, 2.05) is 6.07 Å². The molecule has 0 atom stereocenters. The average molecular weight is 313 g/mol. The molecule has 0 aliphatic carbocycles. The maximum Gasteiger partial charge on any atom is 0.253 e. The molecule has 100 valence electrons. The summed E-state index contributed by atoms with van der Waals surface area (Å²) >= 11 is 3.34. The van der Waals surface area contributed by atoms with Gasteiger partial charge in [0.25, 0.3) is 5.91 Å². The van der Waals surface area contributed by atoms with Crippen molar-refractivity contribution in [1.82, 2.24) is 5.32 Å². The van der Waals surface area contributed by atoms with E-state index in [0.29, 0.717) is 23.7 Å². The molecule has 4 heteroatoms. The Kier molecular flexibility index (Phi) is 4.79. The zero-order chi connectivity index (χ0) is 13.9. The van der Waals surface area contributed by atoms with Gasteiger partial charge in [-0.2, -0.15) is 0 Å². The summed E-state index contributed by atoms with van der Waals surface area (Å²) in [6.45, 7) is 9.22. The highest BCUT2D eigenvalue weighted by Gasteiger charge is 2.23. The third-order valence-electron chi connectivity index (χ3n) is 3.53. The fraction of sp³-hybridized carbons (Fsp3) is 0.500. The van der Waals surface area contributed by atoms with Crippen LogP contribution in [0.2, 0.25) is 0 Å². The SMILES string of the molecule is CC(C)C(C)(C)CNC(=O)c1cc(Br)ccc1N. The summed E-state index contributed by atoms with van der Waals surface area (Å²) in [5.74, 6) is 0.375. The first-order chi connectivity index (χ1) is 8.24. The normalized spacial score (nSPS) is 11.7. The molecule has 1 aromatic carbocycles. The van der Waals surface area contributed by atoms with E-state index in [9.17, 15) is 4.79 Å². The van der Waals surface area contributed by atoms with Crippen molar-refractivity contribution in [3.63, 3.8) is 0 Å². The Balaban J connectivity index is 2.75. The molecule has 0 aromatic heterocycles. The molecule has 0 fully saturated rings. The highest BCUT2D eigenvalue weighted by Crippen LogP contribution is 2.25. The average Bonchev–Trinajstić information content (AvgIpc) is 2.29. The van der Waals surface area contributed by atoms with E-state index in [2.05, 4.69) is 48.9 Å². The molecule has 0 radical (unpaired) electrons. The number of nitrogen functional groups attached to an aromatic ring is 1. The molecule has 0 unspecified atom stereocenters. The largest absolute Gasteiger partial charge is 0.398 e. The maximum atomic E-state index is 12.1. The predicted octanol–water partition coefficient (Wildman–Crippen LogP) is 3.44. The fourth-order valence-electron chi connectivity index (χ4n) is 1.33. The van der Waals surface area contributed by atoms with Gasteiger partial charge in [0.1, 0.15) is 0 Å². The van der Waals surface area contributed by atoms with Gasteiger partial charge in [-0.1, -0.05) is 43.6 Å². The highest BCUT2D eigenvalue weighted by molar-refractivity contribution is 9.10. The van der Waals surface area contributed by atoms with Gasteiger partial charge in [0.05, 0.1) is 5.56 Å². The minimum Gasteiger partial charge on any atom is -0.398 e. The number of carbonyl (C=O) groups excluding carboxylic acids is 1. The second-order valence-electron chi connectivity index (χ2n) is 5.56. The highest BCUT2D eigenvalue weighted by atomic mass is 79.9. The topological polar surface area (TPSA) is 55.1 Å². The molecule has 0 bridgehead atoms. The molecular weight excluding hydrogens is 292 g/mol. The zero-order valence-corrected chi connectivity index (χ0v) is 13.0. The van der Waals surface area contributed by atoms with Crippen molar-refractivity contribution >= 4 is 27.5 Å². The van der Waals surface area contributed by atoms with Crippen molar-refractivity contribution in [2.75, 3.05) is 12.3 Å². The number of anilines is 1. The molecule has 1 aromatic rings. The van der Waals surface area contributed by atoms with Crippen LogP contribution in [0.15, 0.2) is 22.7 Å². The minimum absolute atomic E-state index is 0.0659. The third kappa shape index (κ3) is 3.73. The smallest absolute Gasteiger partial charge is 0.253 e. The van der Waals surface area contributed by atoms with E-state index in [4.69, 9.17) is 5.73 Å². The lowest BCUT2D eigenvalue weighted by atomic mass is 9.81. The van der Waals surface area contributed by atoms with Crippen LogP contribution >= 0.6 is 15.9 Å². The number of benzene rings is 1. The molecule has 0 saturated carbocycles. The predicted molar refractivity (Wildman–Crippen MR) is 79.5 cm³/mol. The van der Waals surface area contributed by atoms with Crippen LogP contribution in [0.3, 0.4) is 0 Å². The second kappa shape index (κ2) is 5.74. The van der Waals surface area contributed by atoms with E-state index in [0.717, 1.165) is 4.47 Å². The Morgan fingerprint density at radius 2 is 2.06 bits per heavy atom. The number of hydrogen-bond donors (Lipinski definition) is 2. The molecule has 1 amide bonds. The monoisotopic (exact) mass is 312 g/mol. The zero-order valence-electron chi connectivity index (χ0n) is 11.4. The number of hydrogen-bond acceptors (Lipinski definition) is 2. The van der Waals surface area contributed by atoms with Crippen LogP contribution in [-0.4, -0.2) is 12.5 Å². The quantitative estimate of drug-likeness (QED) is 0.837. The molecule has 0 aliphatic heterocycles. The summed E-state index contributed by atoms with van der Waals surface area (Å²) in [5, 5.41) is 2.95. The van der Waals surface area contributed by atoms with Crippen molar-refractivity contribution < 1.29 is 4.79 Å². The van der Waals surface area contributed by atoms with Gasteiger partial charge in [-0.25, -0.2) is 0 Å². The molecule has 0 aliphatic rings. The summed E-state index contributed by atoms with van der Waals surface area (Å²) in [6, 6.07) is 5.30. The van der Waals surface area contributed by atoms with Gasteiger partial charge in [0.2, 0.25) is 0 Å². The molecule has 3 nitrogen and oxygen atoms in total. The van der Waals surface area contributed by atoms with Crippen molar-refractivity contribution in [2.45, 2.75) is 27.7 Å². The summed E-state index contributed by atoms with van der Waals surface area (Å²) in [5.41, 5.74) is 6.89. The first-order valence-corrected chi connectivity index (χ1v) is 6.86. The number of nitrogens with one attached hydrogen (secondary N) is 1. The van der Waals surface area contributed by atoms with Gasteiger partial charge in [-0.15, -0.1) is 0 Å². The van der Waals surface area contributed by atoms with Gasteiger partial charge < -0.3 is 11.1 Å². The van der Waals surface area contributed by atoms with Crippen LogP contribution in [0.5, 0.6) is 0 Å². The van der Waals surface area contributed by atoms with Gasteiger partial charge in [0, 0.05) is 16.7 Å². The van der Waals surface area contributed by atoms with Gasteiger partial charge in [-0.05, 0) is 29.5 Å². The lowest BCUT2D eigenvalue weighted by molar-refractivity contribution is 0.0925. The van der Waals surface area contributed by atoms with Crippen molar-refractivity contribution in [1.29, 1.82) is 0 Å². The summed E-state index contributed by atoms with van der Waals surface area (Å²) in [4.78, 5) is 12.1. The maximum absolute atomic E-state index is 12.1. The molecule has 18 heavy (non-hydrogen) atoms. The number of halogens is 1. The summed E-state index contributed by atoms with van der Waals surface area (Å²) in [6.07, 6.45) is 0. The van der Waals surface area contributed by atoms with Crippen molar-refractivity contribution in [3.05, 3.63) is 28.2 Å². The lowest BCUT2D eigenvalue weighted by Crippen LogP contribution is -2.37. The van der Waals surface area contributed by atoms with Crippen LogP contribution in [0.1, 0.15) is 38.1 Å². The number of amides is 1. The molecule has 0 saturated heterocycles. The number of nitrogens with two attached hydrogens (primary N) is 1. The first kappa shape index (κ1) is 15.0. The van der Waals surface area contributed by atoms with Gasteiger partial charge in [0.15, 0.2) is 0 Å². The fourth-order valence-corrected chi connectivity index (χ4v) is 1.69. The van der Waals surface area contributed by atoms with Crippen molar-refractivity contribution in [3.8, 4) is 0 Å². The third-order valence-corrected chi connectivity index (χ3v) is 4.02. The lowest BCUT2D eigenvalue weighted by Gasteiger charge is -2.29. The van der Waals surface area contributed by atoms with Gasteiger partial charge >= 0.3 is 0 Å². The van der Waals surface area contributed by atoms with Crippen LogP contribution in [0.4, 0.5) is 5.69 Å². The Morgan fingerprint density at radius 3 is 2.61 bits per heavy atom. The van der Waals surface area contributed by atoms with E-state index >= 15 is 0 Å². The Bertz CT molecular complexity index is 441. The van der Waals surface area contributed by atoms with Crippen molar-refractivity contribution in [2.24, 2.45) is 11.3 Å². The Hall–Kier alpha value is -1.03. The standard InChI is InChI=1S/C14H21BrN2O/c1-9(2)14(3,4)8-17-13(18)11-7-10(15)5-6-12(11)16/h5-7,9H,8,16H2,1-4H3,(H,17,18). The van der Waals surface area contributed by atoms with Gasteiger partial charge in [-0.3, -0.25) is 4.79 Å². The van der Waals surface area contributed by atoms with E-state index in [1.165, 1.54) is 0 Å². The Labute approximate surface area is 117 Å². The number of carbonyl (C=O) groups is 1. The first-order valence-electron chi connectivity index (χ1n) is 6.07. The molecule has 0 heterocycles. The van der Waals surface area contributed by atoms with E-state index in [1.54, 1.807) is 12.1 Å². The Morgan fingerprint density at radius 1 is 1.44 bits per heavy atom.